The van der Waals surface area contributed by atoms with Crippen molar-refractivity contribution in [1.29, 1.82) is 0 Å². The predicted octanol–water partition coefficient (Wildman–Crippen LogP) is 2.15. The second kappa shape index (κ2) is 4.38. The van der Waals surface area contributed by atoms with Crippen LogP contribution < -0.4 is 0 Å². The molecule has 3 atom stereocenters. The number of likely N-dealkylation sites (tertiary alicyclic amines) is 1. The molecular formula is C12H25FN2. The summed E-state index contributed by atoms with van der Waals surface area (Å²) in [5.74, 6) is 0. The first-order chi connectivity index (χ1) is 6.73. The van der Waals surface area contributed by atoms with Crippen molar-refractivity contribution >= 4 is 0 Å². The lowest BCUT2D eigenvalue weighted by atomic mass is 10.0. The molecule has 0 aromatic carbocycles. The van der Waals surface area contributed by atoms with E-state index in [-0.39, 0.29) is 11.6 Å². The maximum absolute atomic E-state index is 13.9. The molecule has 2 nitrogen and oxygen atoms in total. The van der Waals surface area contributed by atoms with Crippen LogP contribution in [0.5, 0.6) is 0 Å². The van der Waals surface area contributed by atoms with Gasteiger partial charge in [0.2, 0.25) is 0 Å². The average Bonchev–Trinajstić information content (AvgIpc) is 2.23. The third kappa shape index (κ3) is 2.91. The minimum atomic E-state index is -0.679. The van der Waals surface area contributed by atoms with Crippen LogP contribution in [0.15, 0.2) is 0 Å². The van der Waals surface area contributed by atoms with Crippen LogP contribution >= 0.6 is 0 Å². The zero-order chi connectivity index (χ0) is 11.8. The maximum atomic E-state index is 13.9. The molecule has 1 aliphatic heterocycles. The highest BCUT2D eigenvalue weighted by molar-refractivity contribution is 4.98. The van der Waals surface area contributed by atoms with Crippen LogP contribution in [0.1, 0.15) is 34.1 Å². The Morgan fingerprint density at radius 1 is 1.33 bits per heavy atom. The van der Waals surface area contributed by atoms with E-state index in [1.807, 2.05) is 14.1 Å². The molecule has 0 radical (unpaired) electrons. The molecule has 1 aliphatic rings. The van der Waals surface area contributed by atoms with Crippen molar-refractivity contribution in [2.24, 2.45) is 0 Å². The van der Waals surface area contributed by atoms with Crippen molar-refractivity contribution < 1.29 is 4.39 Å². The van der Waals surface area contributed by atoms with Crippen molar-refractivity contribution in [3.05, 3.63) is 0 Å². The monoisotopic (exact) mass is 216 g/mol. The second-order valence-corrected chi connectivity index (χ2v) is 6.01. The van der Waals surface area contributed by atoms with Gasteiger partial charge in [-0.15, -0.1) is 0 Å². The molecule has 0 amide bonds. The first-order valence-electron chi connectivity index (χ1n) is 5.80. The molecule has 0 aromatic heterocycles. The van der Waals surface area contributed by atoms with E-state index in [1.54, 1.807) is 0 Å². The molecular weight excluding hydrogens is 191 g/mol. The van der Waals surface area contributed by atoms with E-state index in [1.165, 1.54) is 0 Å². The zero-order valence-electron chi connectivity index (χ0n) is 10.9. The normalized spacial score (nSPS) is 34.0. The molecule has 1 rings (SSSR count). The van der Waals surface area contributed by atoms with Crippen molar-refractivity contribution in [3.63, 3.8) is 0 Å². The number of nitrogens with zero attached hydrogens (tertiary/aromatic N) is 2. The van der Waals surface area contributed by atoms with E-state index in [0.29, 0.717) is 12.5 Å². The van der Waals surface area contributed by atoms with E-state index >= 15 is 0 Å². The molecule has 3 heteroatoms. The number of alkyl halides is 1. The minimum Gasteiger partial charge on any atom is -0.308 e. The third-order valence-electron chi connectivity index (χ3n) is 3.14. The molecule has 0 bridgehead atoms. The van der Waals surface area contributed by atoms with Gasteiger partial charge >= 0.3 is 0 Å². The van der Waals surface area contributed by atoms with Crippen molar-refractivity contribution in [1.82, 2.24) is 9.80 Å². The van der Waals surface area contributed by atoms with Crippen LogP contribution in [0.4, 0.5) is 4.39 Å². The lowest BCUT2D eigenvalue weighted by molar-refractivity contribution is 0.0541. The number of rotatable bonds is 2. The SMILES string of the molecule is C[C@@H]1C[C@@H](F)[C@H](CN(C)C)N1C(C)(C)C. The number of halogens is 1. The quantitative estimate of drug-likeness (QED) is 0.698. The molecule has 15 heavy (non-hydrogen) atoms. The Kier molecular flexibility index (Phi) is 3.77. The molecule has 0 N–H and O–H groups in total. The van der Waals surface area contributed by atoms with E-state index in [0.717, 1.165) is 6.54 Å². The summed E-state index contributed by atoms with van der Waals surface area (Å²) < 4.78 is 13.9. The minimum absolute atomic E-state index is 0.0509. The molecule has 0 spiro atoms. The smallest absolute Gasteiger partial charge is 0.118 e. The van der Waals surface area contributed by atoms with Gasteiger partial charge < -0.3 is 4.90 Å². The van der Waals surface area contributed by atoms with E-state index in [4.69, 9.17) is 0 Å². The molecule has 1 heterocycles. The van der Waals surface area contributed by atoms with Crippen molar-refractivity contribution in [3.8, 4) is 0 Å². The lowest BCUT2D eigenvalue weighted by Gasteiger charge is -2.41. The second-order valence-electron chi connectivity index (χ2n) is 6.01. The van der Waals surface area contributed by atoms with Gasteiger partial charge in [0, 0.05) is 18.1 Å². The average molecular weight is 216 g/mol. The predicted molar refractivity (Wildman–Crippen MR) is 62.9 cm³/mol. The zero-order valence-corrected chi connectivity index (χ0v) is 10.9. The summed E-state index contributed by atoms with van der Waals surface area (Å²) in [6.07, 6.45) is -0.00269. The van der Waals surface area contributed by atoms with Gasteiger partial charge in [-0.05, 0) is 48.2 Å². The largest absolute Gasteiger partial charge is 0.308 e. The molecule has 90 valence electrons. The standard InChI is InChI=1S/C12H25FN2/c1-9-7-10(13)11(8-14(5)6)15(9)12(2,3)4/h9-11H,7-8H2,1-6H3/t9-,10-,11+/m1/s1. The fraction of sp³-hybridized carbons (Fsp3) is 1.00. The molecule has 0 unspecified atom stereocenters. The van der Waals surface area contributed by atoms with E-state index in [9.17, 15) is 4.39 Å². The summed E-state index contributed by atoms with van der Waals surface area (Å²) in [5, 5.41) is 0. The van der Waals surface area contributed by atoms with Gasteiger partial charge in [-0.1, -0.05) is 0 Å². The summed E-state index contributed by atoms with van der Waals surface area (Å²) in [5.41, 5.74) is 0.0565. The fourth-order valence-corrected chi connectivity index (χ4v) is 2.83. The summed E-state index contributed by atoms with van der Waals surface area (Å²) in [6, 6.07) is 0.403. The Hall–Kier alpha value is -0.150. The Balaban J connectivity index is 2.80. The molecule has 0 aliphatic carbocycles. The highest BCUT2D eigenvalue weighted by Gasteiger charge is 2.44. The summed E-state index contributed by atoms with van der Waals surface area (Å²) in [6.45, 7) is 9.45. The Bertz CT molecular complexity index is 210. The van der Waals surface area contributed by atoms with Crippen LogP contribution in [0.25, 0.3) is 0 Å². The topological polar surface area (TPSA) is 6.48 Å². The maximum Gasteiger partial charge on any atom is 0.118 e. The highest BCUT2D eigenvalue weighted by atomic mass is 19.1. The molecule has 0 aromatic rings. The van der Waals surface area contributed by atoms with Crippen LogP contribution in [0.3, 0.4) is 0 Å². The van der Waals surface area contributed by atoms with Gasteiger partial charge in [-0.3, -0.25) is 4.90 Å². The first-order valence-corrected chi connectivity index (χ1v) is 5.80. The van der Waals surface area contributed by atoms with Gasteiger partial charge in [0.25, 0.3) is 0 Å². The molecule has 0 saturated carbocycles. The number of hydrogen-bond acceptors (Lipinski definition) is 2. The van der Waals surface area contributed by atoms with Gasteiger partial charge in [0.15, 0.2) is 0 Å². The van der Waals surface area contributed by atoms with Gasteiger partial charge in [-0.25, -0.2) is 4.39 Å². The van der Waals surface area contributed by atoms with Crippen LogP contribution in [0, 0.1) is 0 Å². The first kappa shape index (κ1) is 12.9. The molecule has 1 saturated heterocycles. The van der Waals surface area contributed by atoms with E-state index < -0.39 is 6.17 Å². The number of hydrogen-bond donors (Lipinski definition) is 0. The Morgan fingerprint density at radius 2 is 1.87 bits per heavy atom. The molecule has 1 fully saturated rings. The van der Waals surface area contributed by atoms with Gasteiger partial charge in [0.1, 0.15) is 6.17 Å². The summed E-state index contributed by atoms with van der Waals surface area (Å²) in [7, 11) is 4.02. The number of likely N-dealkylation sites (N-methyl/N-ethyl adjacent to an activating group) is 1. The Labute approximate surface area is 93.4 Å². The Morgan fingerprint density at radius 3 is 2.27 bits per heavy atom. The van der Waals surface area contributed by atoms with E-state index in [2.05, 4.69) is 37.5 Å². The van der Waals surface area contributed by atoms with Gasteiger partial charge in [-0.2, -0.15) is 0 Å². The lowest BCUT2D eigenvalue weighted by Crippen LogP contribution is -2.52. The van der Waals surface area contributed by atoms with Gasteiger partial charge in [0.05, 0.1) is 6.04 Å². The highest BCUT2D eigenvalue weighted by Crippen LogP contribution is 2.33. The van der Waals surface area contributed by atoms with Crippen LogP contribution in [-0.2, 0) is 0 Å². The van der Waals surface area contributed by atoms with Crippen LogP contribution in [-0.4, -0.2) is 54.2 Å². The third-order valence-corrected chi connectivity index (χ3v) is 3.14. The van der Waals surface area contributed by atoms with Crippen LogP contribution in [0.2, 0.25) is 0 Å². The summed E-state index contributed by atoms with van der Waals surface area (Å²) in [4.78, 5) is 4.41. The summed E-state index contributed by atoms with van der Waals surface area (Å²) >= 11 is 0. The van der Waals surface area contributed by atoms with Crippen molar-refractivity contribution in [2.75, 3.05) is 20.6 Å². The fourth-order valence-electron chi connectivity index (χ4n) is 2.83. The van der Waals surface area contributed by atoms with Crippen molar-refractivity contribution in [2.45, 2.75) is 57.9 Å².